The van der Waals surface area contributed by atoms with E-state index in [-0.39, 0.29) is 30.5 Å². The third-order valence-corrected chi connectivity index (χ3v) is 3.82. The Morgan fingerprint density at radius 3 is 3.00 bits per heavy atom. The van der Waals surface area contributed by atoms with Crippen molar-refractivity contribution < 1.29 is 14.3 Å². The first kappa shape index (κ1) is 16.7. The fourth-order valence-corrected chi connectivity index (χ4v) is 2.84. The van der Waals surface area contributed by atoms with Gasteiger partial charge in [0.05, 0.1) is 19.3 Å². The van der Waals surface area contributed by atoms with Crippen LogP contribution in [-0.4, -0.2) is 62.9 Å². The van der Waals surface area contributed by atoms with Gasteiger partial charge in [-0.3, -0.25) is 4.79 Å². The molecule has 0 spiro atoms. The summed E-state index contributed by atoms with van der Waals surface area (Å²) in [6.07, 6.45) is 2.19. The van der Waals surface area contributed by atoms with Gasteiger partial charge in [-0.1, -0.05) is 0 Å². The van der Waals surface area contributed by atoms with Gasteiger partial charge in [0, 0.05) is 26.7 Å². The molecule has 2 heterocycles. The second-order valence-corrected chi connectivity index (χ2v) is 5.26. The number of nitrogens with zero attached hydrogens (tertiary/aromatic N) is 1. The lowest BCUT2D eigenvalue weighted by Gasteiger charge is -2.37. The van der Waals surface area contributed by atoms with Crippen LogP contribution in [-0.2, 0) is 14.3 Å². The number of nitrogens with one attached hydrogen (secondary N) is 1. The van der Waals surface area contributed by atoms with E-state index in [2.05, 4.69) is 5.32 Å². The van der Waals surface area contributed by atoms with E-state index in [0.29, 0.717) is 12.5 Å². The minimum absolute atomic E-state index is 0. The quantitative estimate of drug-likeness (QED) is 0.831. The summed E-state index contributed by atoms with van der Waals surface area (Å²) >= 11 is 0. The van der Waals surface area contributed by atoms with E-state index >= 15 is 0 Å². The Hall–Kier alpha value is -0.360. The monoisotopic (exact) mass is 292 g/mol. The van der Waals surface area contributed by atoms with Crippen molar-refractivity contribution in [3.8, 4) is 0 Å². The molecule has 1 unspecified atom stereocenters. The van der Waals surface area contributed by atoms with Gasteiger partial charge in [-0.25, -0.2) is 0 Å². The molecule has 2 aliphatic heterocycles. The van der Waals surface area contributed by atoms with E-state index in [1.165, 1.54) is 0 Å². The number of piperidine rings is 1. The molecule has 2 aliphatic rings. The first-order valence-electron chi connectivity index (χ1n) is 6.85. The topological polar surface area (TPSA) is 50.8 Å². The zero-order valence-electron chi connectivity index (χ0n) is 11.8. The molecule has 1 N–H and O–H groups in total. The smallest absolute Gasteiger partial charge is 0.242 e. The van der Waals surface area contributed by atoms with Crippen LogP contribution in [0.3, 0.4) is 0 Å². The molecule has 0 aromatic heterocycles. The lowest BCUT2D eigenvalue weighted by Crippen LogP contribution is -2.58. The number of likely N-dealkylation sites (tertiary alicyclic amines) is 1. The van der Waals surface area contributed by atoms with Crippen molar-refractivity contribution in [1.82, 2.24) is 10.2 Å². The van der Waals surface area contributed by atoms with E-state index in [1.54, 1.807) is 7.11 Å². The molecule has 0 aliphatic carbocycles. The number of morpholine rings is 1. The van der Waals surface area contributed by atoms with Crippen molar-refractivity contribution in [2.24, 2.45) is 5.92 Å². The number of halogens is 1. The second-order valence-electron chi connectivity index (χ2n) is 5.26. The number of methoxy groups -OCH3 is 1. The lowest BCUT2D eigenvalue weighted by atomic mass is 9.97. The summed E-state index contributed by atoms with van der Waals surface area (Å²) in [5.41, 5.74) is 0. The maximum absolute atomic E-state index is 12.5. The van der Waals surface area contributed by atoms with Gasteiger partial charge in [-0.15, -0.1) is 12.4 Å². The Morgan fingerprint density at radius 2 is 2.32 bits per heavy atom. The molecule has 0 aromatic rings. The number of ether oxygens (including phenoxy) is 2. The summed E-state index contributed by atoms with van der Waals surface area (Å²) in [5.74, 6) is 0.663. The highest BCUT2D eigenvalue weighted by atomic mass is 35.5. The Bertz CT molecular complexity index is 289. The largest absolute Gasteiger partial charge is 0.384 e. The maximum Gasteiger partial charge on any atom is 0.242 e. The van der Waals surface area contributed by atoms with Crippen molar-refractivity contribution in [3.63, 3.8) is 0 Å². The molecule has 2 fully saturated rings. The van der Waals surface area contributed by atoms with E-state index < -0.39 is 0 Å². The molecule has 3 atom stereocenters. The van der Waals surface area contributed by atoms with Gasteiger partial charge in [0.25, 0.3) is 0 Å². The van der Waals surface area contributed by atoms with Crippen LogP contribution in [0.25, 0.3) is 0 Å². The number of carbonyl (C=O) groups excluding carboxylic acids is 1. The van der Waals surface area contributed by atoms with Gasteiger partial charge in [0.1, 0.15) is 6.04 Å². The summed E-state index contributed by atoms with van der Waals surface area (Å²) in [4.78, 5) is 14.4. The molecule has 0 saturated carbocycles. The van der Waals surface area contributed by atoms with Crippen LogP contribution in [0.15, 0.2) is 0 Å². The third-order valence-electron chi connectivity index (χ3n) is 3.82. The number of hydrogen-bond acceptors (Lipinski definition) is 4. The van der Waals surface area contributed by atoms with Crippen molar-refractivity contribution in [3.05, 3.63) is 0 Å². The Morgan fingerprint density at radius 1 is 1.53 bits per heavy atom. The van der Waals surface area contributed by atoms with Gasteiger partial charge in [0.15, 0.2) is 0 Å². The van der Waals surface area contributed by atoms with Crippen LogP contribution in [0, 0.1) is 5.92 Å². The molecule has 2 saturated heterocycles. The second kappa shape index (κ2) is 8.04. The normalized spacial score (nSPS) is 31.7. The predicted octanol–water partition coefficient (Wildman–Crippen LogP) is 0.670. The average molecular weight is 293 g/mol. The first-order chi connectivity index (χ1) is 8.72. The van der Waals surface area contributed by atoms with Gasteiger partial charge in [0.2, 0.25) is 5.91 Å². The molecule has 2 rings (SSSR count). The highest BCUT2D eigenvalue weighted by Crippen LogP contribution is 2.18. The summed E-state index contributed by atoms with van der Waals surface area (Å²) in [6, 6.07) is -0.181. The zero-order valence-corrected chi connectivity index (χ0v) is 12.6. The predicted molar refractivity (Wildman–Crippen MR) is 75.6 cm³/mol. The molecule has 6 heteroatoms. The van der Waals surface area contributed by atoms with Crippen molar-refractivity contribution in [1.29, 1.82) is 0 Å². The highest BCUT2D eigenvalue weighted by molar-refractivity contribution is 5.85. The molecule has 112 valence electrons. The molecular formula is C13H25ClN2O3. The van der Waals surface area contributed by atoms with Gasteiger partial charge >= 0.3 is 0 Å². The fourth-order valence-electron chi connectivity index (χ4n) is 2.84. The number of amides is 1. The van der Waals surface area contributed by atoms with Crippen molar-refractivity contribution in [2.45, 2.75) is 31.9 Å². The van der Waals surface area contributed by atoms with Crippen LogP contribution in [0.5, 0.6) is 0 Å². The van der Waals surface area contributed by atoms with Crippen molar-refractivity contribution in [2.75, 3.05) is 40.0 Å². The number of rotatable bonds is 3. The first-order valence-corrected chi connectivity index (χ1v) is 6.85. The molecule has 19 heavy (non-hydrogen) atoms. The molecule has 0 bridgehead atoms. The lowest BCUT2D eigenvalue weighted by molar-refractivity contribution is -0.141. The van der Waals surface area contributed by atoms with E-state index in [1.807, 2.05) is 11.8 Å². The fraction of sp³-hybridized carbons (Fsp3) is 0.923. The van der Waals surface area contributed by atoms with Gasteiger partial charge in [-0.05, 0) is 25.7 Å². The zero-order chi connectivity index (χ0) is 13.0. The van der Waals surface area contributed by atoms with E-state index in [4.69, 9.17) is 9.47 Å². The molecule has 0 radical (unpaired) electrons. The Labute approximate surface area is 121 Å². The summed E-state index contributed by atoms with van der Waals surface area (Å²) in [6.45, 7) is 5.84. The highest BCUT2D eigenvalue weighted by Gasteiger charge is 2.33. The molecule has 5 nitrogen and oxygen atoms in total. The molecule has 1 amide bonds. The van der Waals surface area contributed by atoms with Crippen LogP contribution >= 0.6 is 12.4 Å². The Balaban J connectivity index is 0.00000180. The minimum Gasteiger partial charge on any atom is -0.384 e. The van der Waals surface area contributed by atoms with Gasteiger partial charge < -0.3 is 19.7 Å². The molecular weight excluding hydrogens is 268 g/mol. The van der Waals surface area contributed by atoms with Crippen molar-refractivity contribution >= 4 is 18.3 Å². The average Bonchev–Trinajstić information content (AvgIpc) is 2.39. The van der Waals surface area contributed by atoms with E-state index in [9.17, 15) is 4.79 Å². The Kier molecular flexibility index (Phi) is 7.07. The van der Waals surface area contributed by atoms with Crippen LogP contribution in [0.4, 0.5) is 0 Å². The SMILES string of the molecule is COCC1CCCN(C(=O)[C@H]2NCCO[C@@H]2C)C1.Cl. The summed E-state index contributed by atoms with van der Waals surface area (Å²) in [5, 5.41) is 3.27. The van der Waals surface area contributed by atoms with Crippen LogP contribution < -0.4 is 5.32 Å². The maximum atomic E-state index is 12.5. The molecule has 0 aromatic carbocycles. The van der Waals surface area contributed by atoms with Crippen LogP contribution in [0.2, 0.25) is 0 Å². The van der Waals surface area contributed by atoms with Gasteiger partial charge in [-0.2, -0.15) is 0 Å². The number of hydrogen-bond donors (Lipinski definition) is 1. The minimum atomic E-state index is -0.181. The van der Waals surface area contributed by atoms with Crippen LogP contribution in [0.1, 0.15) is 19.8 Å². The van der Waals surface area contributed by atoms with E-state index in [0.717, 1.165) is 39.1 Å². The summed E-state index contributed by atoms with van der Waals surface area (Å²) < 4.78 is 10.7. The third kappa shape index (κ3) is 4.31. The summed E-state index contributed by atoms with van der Waals surface area (Å²) in [7, 11) is 1.72. The number of carbonyl (C=O) groups is 1. The standard InChI is InChI=1S/C13H24N2O3.ClH/c1-10-12(14-5-7-18-10)13(16)15-6-3-4-11(8-15)9-17-2;/h10-12,14H,3-9H2,1-2H3;1H/t10-,11?,12+;/m1./s1.